The summed E-state index contributed by atoms with van der Waals surface area (Å²) in [6, 6.07) is 7.54. The van der Waals surface area contributed by atoms with Gasteiger partial charge in [-0.1, -0.05) is 28.1 Å². The summed E-state index contributed by atoms with van der Waals surface area (Å²) in [4.78, 5) is 28.2. The first kappa shape index (κ1) is 22.0. The molecule has 0 aliphatic carbocycles. The molecule has 0 saturated carbocycles. The van der Waals surface area contributed by atoms with Gasteiger partial charge in [-0.15, -0.1) is 0 Å². The van der Waals surface area contributed by atoms with Gasteiger partial charge in [0.25, 0.3) is 0 Å². The number of halogens is 1. The van der Waals surface area contributed by atoms with Crippen molar-refractivity contribution in [2.75, 3.05) is 0 Å². The average Bonchev–Trinajstić information content (AvgIpc) is 2.40. The molecule has 0 unspecified atom stereocenters. The minimum atomic E-state index is -0.721. The van der Waals surface area contributed by atoms with Crippen LogP contribution in [0.3, 0.4) is 0 Å². The molecule has 144 valence electrons. The number of amides is 2. The Hall–Kier alpha value is -2.09. The van der Waals surface area contributed by atoms with Crippen molar-refractivity contribution < 1.29 is 19.1 Å². The lowest BCUT2D eigenvalue weighted by Gasteiger charge is -2.22. The van der Waals surface area contributed by atoms with E-state index in [1.54, 1.807) is 41.5 Å². The van der Waals surface area contributed by atoms with Crippen molar-refractivity contribution in [2.24, 2.45) is 4.99 Å². The van der Waals surface area contributed by atoms with E-state index in [1.807, 2.05) is 24.3 Å². The molecule has 1 aromatic carbocycles. The Bertz CT molecular complexity index is 644. The van der Waals surface area contributed by atoms with E-state index < -0.39 is 23.4 Å². The molecule has 0 aliphatic rings. The highest BCUT2D eigenvalue weighted by Gasteiger charge is 2.21. The van der Waals surface area contributed by atoms with Gasteiger partial charge in [0.1, 0.15) is 11.2 Å². The van der Waals surface area contributed by atoms with Crippen LogP contribution in [0, 0.1) is 0 Å². The van der Waals surface area contributed by atoms with E-state index in [-0.39, 0.29) is 12.5 Å². The fraction of sp³-hybridized carbons (Fsp3) is 0.500. The van der Waals surface area contributed by atoms with Crippen LogP contribution < -0.4 is 10.6 Å². The Morgan fingerprint density at radius 3 is 1.92 bits per heavy atom. The molecular formula is C18H26BrN3O4. The molecule has 1 aromatic rings. The summed E-state index contributed by atoms with van der Waals surface area (Å²) in [6.45, 7) is 10.7. The minimum Gasteiger partial charge on any atom is -0.444 e. The van der Waals surface area contributed by atoms with Crippen molar-refractivity contribution >= 4 is 34.1 Å². The molecule has 0 atom stereocenters. The molecule has 2 N–H and O–H groups in total. The van der Waals surface area contributed by atoms with Gasteiger partial charge in [0, 0.05) is 4.47 Å². The second-order valence-electron chi connectivity index (χ2n) is 7.55. The number of nitrogens with zero attached hydrogens (tertiary/aromatic N) is 1. The second kappa shape index (κ2) is 9.02. The highest BCUT2D eigenvalue weighted by Crippen LogP contribution is 2.12. The first-order valence-corrected chi connectivity index (χ1v) is 8.92. The first-order valence-electron chi connectivity index (χ1n) is 8.13. The van der Waals surface area contributed by atoms with E-state index >= 15 is 0 Å². The summed E-state index contributed by atoms with van der Waals surface area (Å²) in [5.41, 5.74) is -0.453. The maximum atomic E-state index is 12.0. The Balaban J connectivity index is 2.87. The molecule has 1 rings (SSSR count). The molecular weight excluding hydrogens is 402 g/mol. The zero-order valence-electron chi connectivity index (χ0n) is 16.0. The highest BCUT2D eigenvalue weighted by molar-refractivity contribution is 9.10. The molecule has 7 nitrogen and oxygen atoms in total. The zero-order valence-corrected chi connectivity index (χ0v) is 17.6. The Morgan fingerprint density at radius 2 is 1.50 bits per heavy atom. The van der Waals surface area contributed by atoms with Crippen molar-refractivity contribution in [1.82, 2.24) is 10.6 Å². The standard InChI is InChI=1S/C18H26BrN3O4/c1-17(2,3)25-15(23)21-14(22-16(24)26-18(4,5)6)20-11-12-8-7-9-13(19)10-12/h7-10H,11H2,1-6H3,(H2,20,21,22,23,24). The number of carbonyl (C=O) groups is 2. The van der Waals surface area contributed by atoms with Crippen LogP contribution in [0.4, 0.5) is 9.59 Å². The first-order chi connectivity index (χ1) is 11.8. The molecule has 0 spiro atoms. The van der Waals surface area contributed by atoms with Gasteiger partial charge in [0.05, 0.1) is 6.54 Å². The summed E-state index contributed by atoms with van der Waals surface area (Å²) in [5.74, 6) is -0.0477. The Morgan fingerprint density at radius 1 is 1.00 bits per heavy atom. The molecule has 0 aliphatic heterocycles. The van der Waals surface area contributed by atoms with Crippen LogP contribution in [0.2, 0.25) is 0 Å². The Labute approximate surface area is 162 Å². The topological polar surface area (TPSA) is 89.0 Å². The van der Waals surface area contributed by atoms with Crippen LogP contribution in [0.25, 0.3) is 0 Å². The van der Waals surface area contributed by atoms with Gasteiger partial charge in [-0.05, 0) is 59.2 Å². The van der Waals surface area contributed by atoms with E-state index in [0.29, 0.717) is 0 Å². The van der Waals surface area contributed by atoms with Gasteiger partial charge in [-0.2, -0.15) is 0 Å². The van der Waals surface area contributed by atoms with Gasteiger partial charge >= 0.3 is 12.2 Å². The van der Waals surface area contributed by atoms with Crippen molar-refractivity contribution in [3.05, 3.63) is 34.3 Å². The second-order valence-corrected chi connectivity index (χ2v) is 8.46. The largest absolute Gasteiger partial charge is 0.444 e. The minimum absolute atomic E-state index is 0.0477. The molecule has 2 amide bonds. The number of alkyl carbamates (subject to hydrolysis) is 2. The molecule has 26 heavy (non-hydrogen) atoms. The summed E-state index contributed by atoms with van der Waals surface area (Å²) < 4.78 is 11.3. The van der Waals surface area contributed by atoms with Crippen molar-refractivity contribution in [1.29, 1.82) is 0 Å². The number of benzene rings is 1. The third-order valence-corrected chi connectivity index (χ3v) is 3.04. The van der Waals surface area contributed by atoms with Gasteiger partial charge in [-0.3, -0.25) is 10.6 Å². The summed E-state index contributed by atoms with van der Waals surface area (Å²) in [6.07, 6.45) is -1.44. The van der Waals surface area contributed by atoms with Crippen LogP contribution in [0.15, 0.2) is 33.7 Å². The molecule has 8 heteroatoms. The fourth-order valence-electron chi connectivity index (χ4n) is 1.72. The van der Waals surface area contributed by atoms with Crippen LogP contribution in [0.1, 0.15) is 47.1 Å². The van der Waals surface area contributed by atoms with E-state index in [4.69, 9.17) is 9.47 Å². The van der Waals surface area contributed by atoms with Crippen LogP contribution in [-0.4, -0.2) is 29.3 Å². The lowest BCUT2D eigenvalue weighted by molar-refractivity contribution is 0.0545. The lowest BCUT2D eigenvalue weighted by atomic mass is 10.2. The third kappa shape index (κ3) is 10.0. The number of nitrogens with one attached hydrogen (secondary N) is 2. The van der Waals surface area contributed by atoms with Crippen molar-refractivity contribution in [3.63, 3.8) is 0 Å². The van der Waals surface area contributed by atoms with Crippen LogP contribution >= 0.6 is 15.9 Å². The Kier molecular flexibility index (Phi) is 7.62. The van der Waals surface area contributed by atoms with E-state index in [9.17, 15) is 9.59 Å². The van der Waals surface area contributed by atoms with E-state index in [2.05, 4.69) is 31.6 Å². The molecule has 0 aromatic heterocycles. The predicted molar refractivity (Wildman–Crippen MR) is 104 cm³/mol. The van der Waals surface area contributed by atoms with E-state index in [0.717, 1.165) is 10.0 Å². The quantitative estimate of drug-likeness (QED) is 0.541. The molecule has 0 heterocycles. The third-order valence-electron chi connectivity index (χ3n) is 2.55. The normalized spacial score (nSPS) is 11.3. The maximum Gasteiger partial charge on any atom is 0.414 e. The number of aliphatic imine (C=N–C) groups is 1. The maximum absolute atomic E-state index is 12.0. The monoisotopic (exact) mass is 427 g/mol. The molecule has 0 bridgehead atoms. The number of guanidine groups is 1. The average molecular weight is 428 g/mol. The van der Waals surface area contributed by atoms with Gasteiger partial charge < -0.3 is 9.47 Å². The number of carbonyl (C=O) groups excluding carboxylic acids is 2. The number of rotatable bonds is 2. The molecule has 0 saturated heterocycles. The van der Waals surface area contributed by atoms with Crippen molar-refractivity contribution in [3.8, 4) is 0 Å². The predicted octanol–water partition coefficient (Wildman–Crippen LogP) is 4.35. The SMILES string of the molecule is CC(C)(C)OC(=O)NC(=NCc1cccc(Br)c1)NC(=O)OC(C)(C)C. The fourth-order valence-corrected chi connectivity index (χ4v) is 2.16. The van der Waals surface area contributed by atoms with Crippen LogP contribution in [0.5, 0.6) is 0 Å². The lowest BCUT2D eigenvalue weighted by Crippen LogP contribution is -2.47. The summed E-state index contributed by atoms with van der Waals surface area (Å²) >= 11 is 3.39. The van der Waals surface area contributed by atoms with Gasteiger partial charge in [0.2, 0.25) is 5.96 Å². The number of hydrogen-bond acceptors (Lipinski definition) is 5. The summed E-state index contributed by atoms with van der Waals surface area (Å²) in [7, 11) is 0. The van der Waals surface area contributed by atoms with Gasteiger partial charge in [0.15, 0.2) is 0 Å². The molecule has 0 fully saturated rings. The van der Waals surface area contributed by atoms with E-state index in [1.165, 1.54) is 0 Å². The highest BCUT2D eigenvalue weighted by atomic mass is 79.9. The summed E-state index contributed by atoms with van der Waals surface area (Å²) in [5, 5.41) is 4.88. The number of ether oxygens (including phenoxy) is 2. The smallest absolute Gasteiger partial charge is 0.414 e. The molecule has 0 radical (unpaired) electrons. The number of hydrogen-bond donors (Lipinski definition) is 2. The zero-order chi connectivity index (χ0) is 20.0. The van der Waals surface area contributed by atoms with Crippen LogP contribution in [-0.2, 0) is 16.0 Å². The van der Waals surface area contributed by atoms with Crippen molar-refractivity contribution in [2.45, 2.75) is 59.3 Å². The van der Waals surface area contributed by atoms with Gasteiger partial charge in [-0.25, -0.2) is 14.6 Å².